The van der Waals surface area contributed by atoms with Gasteiger partial charge in [0.1, 0.15) is 6.61 Å². The number of hydrogen-bond donors (Lipinski definition) is 1. The number of pyridine rings is 2. The van der Waals surface area contributed by atoms with E-state index in [2.05, 4.69) is 19.9 Å². The standard InChI is InChI=1S/C17H17N5O4S/c1-24-8-15(23)22-7-10-12(18-6-5-13(10)26-22)9-27-17-19-11-3-4-14(25-2)20-16(11)21-17/h3-6H,7-9H2,1-2H3,(H,19,20,21). The van der Waals surface area contributed by atoms with Gasteiger partial charge in [-0.15, -0.1) is 0 Å². The largest absolute Gasteiger partial charge is 0.481 e. The Morgan fingerprint density at radius 2 is 2.22 bits per heavy atom. The van der Waals surface area contributed by atoms with Crippen molar-refractivity contribution in [1.29, 1.82) is 0 Å². The number of imidazole rings is 1. The molecule has 0 spiro atoms. The molecule has 27 heavy (non-hydrogen) atoms. The number of aromatic amines is 1. The second kappa shape index (κ2) is 7.41. The van der Waals surface area contributed by atoms with Crippen LogP contribution in [0.5, 0.6) is 11.6 Å². The monoisotopic (exact) mass is 387 g/mol. The van der Waals surface area contributed by atoms with Crippen LogP contribution in [0.25, 0.3) is 11.2 Å². The Bertz CT molecular complexity index is 993. The summed E-state index contributed by atoms with van der Waals surface area (Å²) in [6.45, 7) is 0.321. The molecule has 4 rings (SSSR count). The summed E-state index contributed by atoms with van der Waals surface area (Å²) in [6, 6.07) is 5.41. The van der Waals surface area contributed by atoms with Gasteiger partial charge >= 0.3 is 0 Å². The summed E-state index contributed by atoms with van der Waals surface area (Å²) in [6.07, 6.45) is 1.67. The molecule has 0 radical (unpaired) electrons. The van der Waals surface area contributed by atoms with Crippen LogP contribution in [0.4, 0.5) is 0 Å². The van der Waals surface area contributed by atoms with Crippen molar-refractivity contribution in [2.45, 2.75) is 17.5 Å². The van der Waals surface area contributed by atoms with Gasteiger partial charge in [-0.2, -0.15) is 10.0 Å². The first-order valence-electron chi connectivity index (χ1n) is 8.15. The van der Waals surface area contributed by atoms with Gasteiger partial charge in [-0.25, -0.2) is 4.98 Å². The lowest BCUT2D eigenvalue weighted by atomic mass is 10.2. The summed E-state index contributed by atoms with van der Waals surface area (Å²) in [5.74, 6) is 1.51. The lowest BCUT2D eigenvalue weighted by Crippen LogP contribution is -2.32. The van der Waals surface area contributed by atoms with E-state index in [1.54, 1.807) is 25.4 Å². The number of H-pyrrole nitrogens is 1. The maximum Gasteiger partial charge on any atom is 0.281 e. The van der Waals surface area contributed by atoms with Crippen LogP contribution >= 0.6 is 11.8 Å². The van der Waals surface area contributed by atoms with E-state index in [0.717, 1.165) is 21.9 Å². The molecule has 1 amide bonds. The minimum atomic E-state index is -0.232. The highest BCUT2D eigenvalue weighted by Gasteiger charge is 2.28. The smallest absolute Gasteiger partial charge is 0.281 e. The molecule has 140 valence electrons. The molecule has 1 N–H and O–H groups in total. The molecule has 0 aliphatic carbocycles. The van der Waals surface area contributed by atoms with E-state index in [-0.39, 0.29) is 12.5 Å². The van der Waals surface area contributed by atoms with Crippen molar-refractivity contribution in [3.05, 3.63) is 35.7 Å². The Hall–Kier alpha value is -2.85. The number of methoxy groups -OCH3 is 2. The maximum absolute atomic E-state index is 12.0. The fourth-order valence-corrected chi connectivity index (χ4v) is 3.55. The number of amides is 1. The Morgan fingerprint density at radius 1 is 1.33 bits per heavy atom. The number of fused-ring (bicyclic) bond motifs is 2. The number of nitrogens with zero attached hydrogens (tertiary/aromatic N) is 4. The molecule has 1 aliphatic heterocycles. The average Bonchev–Trinajstić information content (AvgIpc) is 3.29. The van der Waals surface area contributed by atoms with Gasteiger partial charge in [0.05, 0.1) is 24.9 Å². The molecule has 0 fully saturated rings. The van der Waals surface area contributed by atoms with Crippen molar-refractivity contribution in [2.75, 3.05) is 20.8 Å². The topological polar surface area (TPSA) is 102 Å². The van der Waals surface area contributed by atoms with Gasteiger partial charge in [0, 0.05) is 36.8 Å². The van der Waals surface area contributed by atoms with E-state index in [1.807, 2.05) is 6.07 Å². The first-order valence-corrected chi connectivity index (χ1v) is 9.14. The summed E-state index contributed by atoms with van der Waals surface area (Å²) in [5.41, 5.74) is 3.17. The fourth-order valence-electron chi connectivity index (χ4n) is 2.70. The van der Waals surface area contributed by atoms with Crippen molar-refractivity contribution < 1.29 is 19.1 Å². The first kappa shape index (κ1) is 17.6. The molecule has 0 unspecified atom stereocenters. The van der Waals surface area contributed by atoms with Gasteiger partial charge in [-0.1, -0.05) is 11.8 Å². The zero-order valence-corrected chi connectivity index (χ0v) is 15.6. The molecule has 1 aliphatic rings. The maximum atomic E-state index is 12.0. The molecule has 3 aromatic heterocycles. The number of ether oxygens (including phenoxy) is 2. The van der Waals surface area contributed by atoms with Gasteiger partial charge in [-0.05, 0) is 6.07 Å². The average molecular weight is 387 g/mol. The SMILES string of the molecule is COCC(=O)N1Cc2c(ccnc2CSc2nc3nc(OC)ccc3[nH]2)O1. The number of nitrogens with one attached hydrogen (secondary N) is 1. The van der Waals surface area contributed by atoms with E-state index in [1.165, 1.54) is 23.9 Å². The molecular weight excluding hydrogens is 370 g/mol. The van der Waals surface area contributed by atoms with E-state index >= 15 is 0 Å². The number of aromatic nitrogens is 4. The summed E-state index contributed by atoms with van der Waals surface area (Å²) < 4.78 is 10.00. The second-order valence-electron chi connectivity index (χ2n) is 5.74. The fraction of sp³-hybridized carbons (Fsp3) is 0.294. The van der Waals surface area contributed by atoms with Crippen LogP contribution in [0, 0.1) is 0 Å². The van der Waals surface area contributed by atoms with Crippen molar-refractivity contribution in [2.24, 2.45) is 0 Å². The Labute approximate surface area is 159 Å². The van der Waals surface area contributed by atoms with Crippen LogP contribution in [0.3, 0.4) is 0 Å². The minimum absolute atomic E-state index is 0.0268. The lowest BCUT2D eigenvalue weighted by molar-refractivity contribution is -0.159. The van der Waals surface area contributed by atoms with Gasteiger partial charge < -0.3 is 19.3 Å². The molecule has 0 aromatic carbocycles. The minimum Gasteiger partial charge on any atom is -0.481 e. The van der Waals surface area contributed by atoms with E-state index < -0.39 is 0 Å². The van der Waals surface area contributed by atoms with Crippen molar-refractivity contribution in [1.82, 2.24) is 25.0 Å². The van der Waals surface area contributed by atoms with Crippen LogP contribution in [0.2, 0.25) is 0 Å². The lowest BCUT2D eigenvalue weighted by Gasteiger charge is -2.13. The number of rotatable bonds is 6. The third kappa shape index (κ3) is 3.53. The van der Waals surface area contributed by atoms with Crippen LogP contribution in [0.15, 0.2) is 29.6 Å². The Morgan fingerprint density at radius 3 is 3.04 bits per heavy atom. The molecule has 0 bridgehead atoms. The summed E-state index contributed by atoms with van der Waals surface area (Å²) in [5, 5.41) is 2.03. The van der Waals surface area contributed by atoms with Crippen LogP contribution in [-0.2, 0) is 21.8 Å². The molecule has 0 saturated carbocycles. The highest BCUT2D eigenvalue weighted by molar-refractivity contribution is 7.98. The van der Waals surface area contributed by atoms with Gasteiger partial charge in [0.25, 0.3) is 5.91 Å². The molecule has 4 heterocycles. The number of carbonyl (C=O) groups is 1. The molecule has 3 aromatic rings. The van der Waals surface area contributed by atoms with Gasteiger partial charge in [-0.3, -0.25) is 9.78 Å². The van der Waals surface area contributed by atoms with E-state index in [9.17, 15) is 4.79 Å². The number of hydroxylamine groups is 2. The van der Waals surface area contributed by atoms with Crippen LogP contribution < -0.4 is 9.57 Å². The molecule has 0 saturated heterocycles. The Kier molecular flexibility index (Phi) is 4.82. The van der Waals surface area contributed by atoms with Crippen LogP contribution in [-0.4, -0.2) is 51.7 Å². The summed E-state index contributed by atoms with van der Waals surface area (Å²) in [7, 11) is 3.05. The molecule has 10 heteroatoms. The molecule has 9 nitrogen and oxygen atoms in total. The number of hydrogen-bond acceptors (Lipinski definition) is 8. The highest BCUT2D eigenvalue weighted by Crippen LogP contribution is 2.33. The van der Waals surface area contributed by atoms with E-state index in [4.69, 9.17) is 14.3 Å². The normalized spacial score (nSPS) is 12.9. The third-order valence-electron chi connectivity index (χ3n) is 4.01. The molecule has 0 atom stereocenters. The highest BCUT2D eigenvalue weighted by atomic mass is 32.2. The summed E-state index contributed by atoms with van der Waals surface area (Å²) >= 11 is 1.50. The second-order valence-corrected chi connectivity index (χ2v) is 6.71. The number of thioether (sulfide) groups is 1. The van der Waals surface area contributed by atoms with Crippen molar-refractivity contribution in [3.8, 4) is 11.6 Å². The van der Waals surface area contributed by atoms with Crippen molar-refractivity contribution >= 4 is 28.8 Å². The predicted octanol–water partition coefficient (Wildman–Crippen LogP) is 1.94. The van der Waals surface area contributed by atoms with Gasteiger partial charge in [0.15, 0.2) is 16.6 Å². The third-order valence-corrected chi connectivity index (χ3v) is 4.90. The van der Waals surface area contributed by atoms with Gasteiger partial charge in [0.2, 0.25) is 5.88 Å². The quantitative estimate of drug-likeness (QED) is 0.640. The Balaban J connectivity index is 1.49. The zero-order chi connectivity index (χ0) is 18.8. The zero-order valence-electron chi connectivity index (χ0n) is 14.8. The number of carbonyl (C=O) groups excluding carboxylic acids is 1. The molecular formula is C17H17N5O4S. The van der Waals surface area contributed by atoms with Crippen molar-refractivity contribution in [3.63, 3.8) is 0 Å². The summed E-state index contributed by atoms with van der Waals surface area (Å²) in [4.78, 5) is 34.0. The van der Waals surface area contributed by atoms with E-state index in [0.29, 0.717) is 29.6 Å². The predicted molar refractivity (Wildman–Crippen MR) is 97.3 cm³/mol. The van der Waals surface area contributed by atoms with Crippen LogP contribution in [0.1, 0.15) is 11.3 Å². The first-order chi connectivity index (χ1) is 13.2.